The van der Waals surface area contributed by atoms with Crippen molar-refractivity contribution in [3.05, 3.63) is 35.0 Å². The molecule has 1 unspecified atom stereocenters. The van der Waals surface area contributed by atoms with Crippen LogP contribution in [-0.4, -0.2) is 36.9 Å². The Morgan fingerprint density at radius 1 is 1.40 bits per heavy atom. The summed E-state index contributed by atoms with van der Waals surface area (Å²) in [6.07, 6.45) is 2.09. The molecule has 1 aromatic heterocycles. The molecule has 1 fully saturated rings. The average Bonchev–Trinajstić information content (AvgIpc) is 2.92. The van der Waals surface area contributed by atoms with E-state index in [4.69, 9.17) is 11.6 Å². The molecule has 1 saturated heterocycles. The van der Waals surface area contributed by atoms with Gasteiger partial charge in [0.05, 0.1) is 17.1 Å². The summed E-state index contributed by atoms with van der Waals surface area (Å²) in [7, 11) is -3.00. The van der Waals surface area contributed by atoms with Crippen molar-refractivity contribution >= 4 is 38.2 Å². The Morgan fingerprint density at radius 3 is 2.90 bits per heavy atom. The lowest BCUT2D eigenvalue weighted by atomic mass is 10.1. The van der Waals surface area contributed by atoms with Gasteiger partial charge in [0.2, 0.25) is 0 Å². The van der Waals surface area contributed by atoms with Gasteiger partial charge in [-0.3, -0.25) is 4.79 Å². The summed E-state index contributed by atoms with van der Waals surface area (Å²) in [4.78, 5) is 15.2. The molecule has 106 valence electrons. The number of sulfone groups is 1. The molecule has 2 N–H and O–H groups in total. The average molecular weight is 313 g/mol. The fourth-order valence-electron chi connectivity index (χ4n) is 2.46. The third-order valence-electron chi connectivity index (χ3n) is 3.46. The molecule has 5 nitrogen and oxygen atoms in total. The minimum absolute atomic E-state index is 0.0208. The molecular formula is C13H13ClN2O3S. The summed E-state index contributed by atoms with van der Waals surface area (Å²) in [6.45, 7) is 0. The Kier molecular flexibility index (Phi) is 3.22. The van der Waals surface area contributed by atoms with Crippen molar-refractivity contribution in [2.45, 2.75) is 12.5 Å². The van der Waals surface area contributed by atoms with E-state index in [0.29, 0.717) is 17.0 Å². The maximum Gasteiger partial charge on any atom is 0.253 e. The topological polar surface area (TPSA) is 79.0 Å². The number of hydrogen-bond donors (Lipinski definition) is 2. The number of halogens is 1. The molecule has 1 amide bonds. The van der Waals surface area contributed by atoms with Crippen LogP contribution >= 0.6 is 11.6 Å². The number of amides is 1. The van der Waals surface area contributed by atoms with Gasteiger partial charge in [-0.1, -0.05) is 17.7 Å². The summed E-state index contributed by atoms with van der Waals surface area (Å²) >= 11 is 5.89. The highest BCUT2D eigenvalue weighted by Gasteiger charge is 2.29. The largest absolute Gasteiger partial charge is 0.360 e. The van der Waals surface area contributed by atoms with Gasteiger partial charge < -0.3 is 10.3 Å². The number of hydrogen-bond acceptors (Lipinski definition) is 3. The van der Waals surface area contributed by atoms with Gasteiger partial charge in [0.25, 0.3) is 5.91 Å². The molecule has 2 heterocycles. The van der Waals surface area contributed by atoms with Crippen LogP contribution in [0.4, 0.5) is 0 Å². The number of aromatic nitrogens is 1. The SMILES string of the molecule is O=C(NC1CCS(=O)(=O)C1)c1c[nH]c2cc(Cl)ccc12. The van der Waals surface area contributed by atoms with E-state index in [0.717, 1.165) is 10.9 Å². The lowest BCUT2D eigenvalue weighted by molar-refractivity contribution is 0.0943. The lowest BCUT2D eigenvalue weighted by Gasteiger charge is -2.10. The van der Waals surface area contributed by atoms with E-state index < -0.39 is 9.84 Å². The second kappa shape index (κ2) is 4.79. The van der Waals surface area contributed by atoms with Crippen LogP contribution in [0.1, 0.15) is 16.8 Å². The second-order valence-electron chi connectivity index (χ2n) is 4.97. The molecule has 0 saturated carbocycles. The predicted molar refractivity (Wildman–Crippen MR) is 77.8 cm³/mol. The maximum atomic E-state index is 12.2. The fraction of sp³-hybridized carbons (Fsp3) is 0.308. The highest BCUT2D eigenvalue weighted by molar-refractivity contribution is 7.91. The minimum Gasteiger partial charge on any atom is -0.360 e. The van der Waals surface area contributed by atoms with E-state index in [1.807, 2.05) is 0 Å². The Labute approximate surface area is 121 Å². The van der Waals surface area contributed by atoms with Crippen LogP contribution in [0.25, 0.3) is 10.9 Å². The van der Waals surface area contributed by atoms with Crippen molar-refractivity contribution in [1.82, 2.24) is 10.3 Å². The molecular weight excluding hydrogens is 300 g/mol. The van der Waals surface area contributed by atoms with E-state index in [-0.39, 0.29) is 23.5 Å². The molecule has 7 heteroatoms. The lowest BCUT2D eigenvalue weighted by Crippen LogP contribution is -2.35. The quantitative estimate of drug-likeness (QED) is 0.886. The minimum atomic E-state index is -3.00. The zero-order chi connectivity index (χ0) is 14.3. The van der Waals surface area contributed by atoms with E-state index >= 15 is 0 Å². The zero-order valence-electron chi connectivity index (χ0n) is 10.5. The van der Waals surface area contributed by atoms with Crippen LogP contribution in [0.3, 0.4) is 0 Å². The van der Waals surface area contributed by atoms with Crippen LogP contribution in [0.15, 0.2) is 24.4 Å². The molecule has 1 aliphatic heterocycles. The normalized spacial score (nSPS) is 21.1. The summed E-state index contributed by atoms with van der Waals surface area (Å²) in [5.41, 5.74) is 1.28. The number of fused-ring (bicyclic) bond motifs is 1. The third-order valence-corrected chi connectivity index (χ3v) is 5.46. The van der Waals surface area contributed by atoms with Gasteiger partial charge in [0.15, 0.2) is 9.84 Å². The first-order valence-electron chi connectivity index (χ1n) is 6.22. The van der Waals surface area contributed by atoms with Crippen molar-refractivity contribution in [2.24, 2.45) is 0 Å². The fourth-order valence-corrected chi connectivity index (χ4v) is 4.30. The molecule has 0 radical (unpaired) electrons. The summed E-state index contributed by atoms with van der Waals surface area (Å²) in [6, 6.07) is 4.93. The van der Waals surface area contributed by atoms with E-state index in [1.54, 1.807) is 24.4 Å². The number of rotatable bonds is 2. The first-order valence-corrected chi connectivity index (χ1v) is 8.42. The third kappa shape index (κ3) is 2.53. The molecule has 1 atom stereocenters. The Bertz CT molecular complexity index is 782. The summed E-state index contributed by atoms with van der Waals surface area (Å²) in [5.74, 6) is -0.102. The number of carbonyl (C=O) groups excluding carboxylic acids is 1. The zero-order valence-corrected chi connectivity index (χ0v) is 12.1. The van der Waals surface area contributed by atoms with Gasteiger partial charge in [-0.15, -0.1) is 0 Å². The van der Waals surface area contributed by atoms with Crippen LogP contribution in [0, 0.1) is 0 Å². The molecule has 1 aliphatic rings. The van der Waals surface area contributed by atoms with E-state index in [1.165, 1.54) is 0 Å². The number of carbonyl (C=O) groups is 1. The number of benzene rings is 1. The van der Waals surface area contributed by atoms with E-state index in [2.05, 4.69) is 10.3 Å². The van der Waals surface area contributed by atoms with Gasteiger partial charge in [-0.2, -0.15) is 0 Å². The van der Waals surface area contributed by atoms with Crippen LogP contribution in [0.5, 0.6) is 0 Å². The Morgan fingerprint density at radius 2 is 2.20 bits per heavy atom. The maximum absolute atomic E-state index is 12.2. The molecule has 1 aromatic carbocycles. The summed E-state index contributed by atoms with van der Waals surface area (Å²) < 4.78 is 22.8. The number of nitrogens with one attached hydrogen (secondary N) is 2. The van der Waals surface area contributed by atoms with Crippen molar-refractivity contribution in [3.8, 4) is 0 Å². The van der Waals surface area contributed by atoms with Gasteiger partial charge in [0, 0.05) is 28.2 Å². The highest BCUT2D eigenvalue weighted by Crippen LogP contribution is 2.22. The highest BCUT2D eigenvalue weighted by atomic mass is 35.5. The molecule has 3 rings (SSSR count). The van der Waals surface area contributed by atoms with E-state index in [9.17, 15) is 13.2 Å². The van der Waals surface area contributed by atoms with Gasteiger partial charge in [0.1, 0.15) is 0 Å². The molecule has 0 bridgehead atoms. The van der Waals surface area contributed by atoms with Crippen molar-refractivity contribution in [2.75, 3.05) is 11.5 Å². The first kappa shape index (κ1) is 13.5. The molecule has 20 heavy (non-hydrogen) atoms. The van der Waals surface area contributed by atoms with Crippen LogP contribution < -0.4 is 5.32 Å². The standard InChI is InChI=1S/C13H13ClN2O3S/c14-8-1-2-10-11(6-15-12(10)5-8)13(17)16-9-3-4-20(18,19)7-9/h1-2,5-6,9,15H,3-4,7H2,(H,16,17). The molecule has 0 aliphatic carbocycles. The number of H-pyrrole nitrogens is 1. The molecule has 0 spiro atoms. The van der Waals surface area contributed by atoms with Gasteiger partial charge in [-0.05, 0) is 18.6 Å². The monoisotopic (exact) mass is 312 g/mol. The van der Waals surface area contributed by atoms with Crippen LogP contribution in [-0.2, 0) is 9.84 Å². The van der Waals surface area contributed by atoms with Gasteiger partial charge in [-0.25, -0.2) is 8.42 Å². The van der Waals surface area contributed by atoms with Gasteiger partial charge >= 0.3 is 0 Å². The first-order chi connectivity index (χ1) is 9.44. The summed E-state index contributed by atoms with van der Waals surface area (Å²) in [5, 5.41) is 4.13. The molecule has 2 aromatic rings. The second-order valence-corrected chi connectivity index (χ2v) is 7.63. The van der Waals surface area contributed by atoms with Crippen molar-refractivity contribution in [3.63, 3.8) is 0 Å². The predicted octanol–water partition coefficient (Wildman–Crippen LogP) is 1.74. The smallest absolute Gasteiger partial charge is 0.253 e. The Balaban J connectivity index is 1.83. The Hall–Kier alpha value is -1.53. The van der Waals surface area contributed by atoms with Crippen molar-refractivity contribution < 1.29 is 13.2 Å². The number of aromatic amines is 1. The van der Waals surface area contributed by atoms with Crippen LogP contribution in [0.2, 0.25) is 5.02 Å². The van der Waals surface area contributed by atoms with Crippen molar-refractivity contribution in [1.29, 1.82) is 0 Å².